The summed E-state index contributed by atoms with van der Waals surface area (Å²) in [5.74, 6) is 0.394. The molecule has 1 unspecified atom stereocenters. The van der Waals surface area contributed by atoms with E-state index in [1.54, 1.807) is 23.4 Å². The van der Waals surface area contributed by atoms with Crippen LogP contribution in [0.4, 0.5) is 8.78 Å². The van der Waals surface area contributed by atoms with E-state index < -0.39 is 6.55 Å². The minimum atomic E-state index is -2.77. The fourth-order valence-corrected chi connectivity index (χ4v) is 3.10. The zero-order valence-electron chi connectivity index (χ0n) is 14.2. The lowest BCUT2D eigenvalue weighted by Crippen LogP contribution is -2.39. The van der Waals surface area contributed by atoms with Gasteiger partial charge in [0.2, 0.25) is 11.7 Å². The lowest BCUT2D eigenvalue weighted by atomic mass is 9.97. The van der Waals surface area contributed by atoms with Crippen LogP contribution in [-0.4, -0.2) is 48.8 Å². The summed E-state index contributed by atoms with van der Waals surface area (Å²) in [5, 5.41) is 7.63. The van der Waals surface area contributed by atoms with Gasteiger partial charge in [-0.15, -0.1) is 0 Å². The van der Waals surface area contributed by atoms with Gasteiger partial charge in [-0.25, -0.2) is 4.68 Å². The molecule has 0 aliphatic carbocycles. The molecule has 8 nitrogen and oxygen atoms in total. The van der Waals surface area contributed by atoms with Crippen molar-refractivity contribution in [1.29, 1.82) is 0 Å². The monoisotopic (exact) mass is 374 g/mol. The number of hydrogen-bond donors (Lipinski definition) is 0. The van der Waals surface area contributed by atoms with E-state index in [1.165, 1.54) is 6.07 Å². The van der Waals surface area contributed by atoms with Crippen molar-refractivity contribution < 1.29 is 18.1 Å². The maximum absolute atomic E-state index is 12.7. The van der Waals surface area contributed by atoms with Crippen LogP contribution in [0.5, 0.6) is 0 Å². The molecule has 0 N–H and O–H groups in total. The van der Waals surface area contributed by atoms with Crippen molar-refractivity contribution in [1.82, 2.24) is 29.8 Å². The minimum Gasteiger partial charge on any atom is -0.339 e. The Labute approximate surface area is 152 Å². The number of aromatic nitrogens is 5. The molecule has 0 bridgehead atoms. The summed E-state index contributed by atoms with van der Waals surface area (Å²) in [5.41, 5.74) is 0.742. The molecule has 140 valence electrons. The second kappa shape index (κ2) is 7.22. The molecule has 3 aromatic rings. The molecule has 1 aliphatic heterocycles. The standard InChI is InChI=1S/C17H16F2N6O2/c18-17(19)25-8-5-13(22-25)16(26)24-7-2-4-12(10-24)15-21-14(23-27-15)11-3-1-6-20-9-11/h1,3,5-6,8-9,12,17H,2,4,7,10H2. The number of halogens is 2. The Bertz CT molecular complexity index is 926. The average Bonchev–Trinajstić information content (AvgIpc) is 3.38. The van der Waals surface area contributed by atoms with Crippen LogP contribution in [-0.2, 0) is 0 Å². The minimum absolute atomic E-state index is 0.00229. The van der Waals surface area contributed by atoms with Crippen molar-refractivity contribution >= 4 is 5.91 Å². The number of alkyl halides is 2. The van der Waals surface area contributed by atoms with E-state index in [-0.39, 0.29) is 17.5 Å². The molecule has 1 atom stereocenters. The van der Waals surface area contributed by atoms with Crippen LogP contribution in [0.2, 0.25) is 0 Å². The third kappa shape index (κ3) is 3.55. The Morgan fingerprint density at radius 2 is 2.22 bits per heavy atom. The van der Waals surface area contributed by atoms with Crippen molar-refractivity contribution in [3.05, 3.63) is 48.4 Å². The van der Waals surface area contributed by atoms with Crippen LogP contribution >= 0.6 is 0 Å². The van der Waals surface area contributed by atoms with Crippen LogP contribution in [0.1, 0.15) is 41.7 Å². The van der Waals surface area contributed by atoms with Crippen molar-refractivity contribution in [3.63, 3.8) is 0 Å². The Kier molecular flexibility index (Phi) is 4.61. The summed E-state index contributed by atoms with van der Waals surface area (Å²) in [4.78, 5) is 22.6. The largest absolute Gasteiger partial charge is 0.339 e. The number of pyridine rings is 1. The summed E-state index contributed by atoms with van der Waals surface area (Å²) in [6.45, 7) is -1.87. The van der Waals surface area contributed by atoms with Gasteiger partial charge in [0.15, 0.2) is 5.69 Å². The molecule has 1 amide bonds. The lowest BCUT2D eigenvalue weighted by Gasteiger charge is -2.30. The number of rotatable bonds is 4. The van der Waals surface area contributed by atoms with Gasteiger partial charge in [0, 0.05) is 37.2 Å². The molecule has 0 spiro atoms. The number of carbonyl (C=O) groups is 1. The molecule has 0 radical (unpaired) electrons. The molecule has 27 heavy (non-hydrogen) atoms. The van der Waals surface area contributed by atoms with E-state index in [4.69, 9.17) is 4.52 Å². The summed E-state index contributed by atoms with van der Waals surface area (Å²) < 4.78 is 31.2. The van der Waals surface area contributed by atoms with E-state index >= 15 is 0 Å². The summed E-state index contributed by atoms with van der Waals surface area (Å²) in [6.07, 6.45) is 5.94. The Morgan fingerprint density at radius 1 is 1.33 bits per heavy atom. The third-order valence-corrected chi connectivity index (χ3v) is 4.45. The van der Waals surface area contributed by atoms with Crippen molar-refractivity contribution in [2.24, 2.45) is 0 Å². The highest BCUT2D eigenvalue weighted by Crippen LogP contribution is 2.28. The van der Waals surface area contributed by atoms with Gasteiger partial charge < -0.3 is 9.42 Å². The fourth-order valence-electron chi connectivity index (χ4n) is 3.10. The van der Waals surface area contributed by atoms with Gasteiger partial charge in [-0.1, -0.05) is 5.16 Å². The maximum Gasteiger partial charge on any atom is 0.333 e. The Balaban J connectivity index is 1.48. The highest BCUT2D eigenvalue weighted by Gasteiger charge is 2.30. The normalized spacial score (nSPS) is 17.4. The zero-order chi connectivity index (χ0) is 18.8. The number of carbonyl (C=O) groups excluding carboxylic acids is 1. The van der Waals surface area contributed by atoms with Crippen LogP contribution < -0.4 is 0 Å². The van der Waals surface area contributed by atoms with Crippen molar-refractivity contribution in [3.8, 4) is 11.4 Å². The van der Waals surface area contributed by atoms with Gasteiger partial charge in [0.25, 0.3) is 5.91 Å². The van der Waals surface area contributed by atoms with Gasteiger partial charge in [0.1, 0.15) is 0 Å². The van der Waals surface area contributed by atoms with E-state index in [2.05, 4.69) is 20.2 Å². The molecule has 0 aromatic carbocycles. The van der Waals surface area contributed by atoms with E-state index in [9.17, 15) is 13.6 Å². The molecule has 1 aliphatic rings. The highest BCUT2D eigenvalue weighted by atomic mass is 19.3. The lowest BCUT2D eigenvalue weighted by molar-refractivity contribution is 0.0545. The fraction of sp³-hybridized carbons (Fsp3) is 0.353. The molecule has 10 heteroatoms. The first kappa shape index (κ1) is 17.3. The topological polar surface area (TPSA) is 89.9 Å². The number of hydrogen-bond acceptors (Lipinski definition) is 6. The number of piperidine rings is 1. The predicted octanol–water partition coefficient (Wildman–Crippen LogP) is 2.74. The SMILES string of the molecule is O=C(c1ccn(C(F)F)n1)N1CCCC(c2nc(-c3cccnc3)no2)C1. The van der Waals surface area contributed by atoms with E-state index in [0.29, 0.717) is 29.5 Å². The smallest absolute Gasteiger partial charge is 0.333 e. The van der Waals surface area contributed by atoms with Gasteiger partial charge >= 0.3 is 6.55 Å². The number of amides is 1. The molecule has 1 fully saturated rings. The quantitative estimate of drug-likeness (QED) is 0.698. The van der Waals surface area contributed by atoms with Gasteiger partial charge in [-0.05, 0) is 31.0 Å². The average molecular weight is 374 g/mol. The Hall–Kier alpha value is -3.17. The van der Waals surface area contributed by atoms with Crippen LogP contribution in [0, 0.1) is 0 Å². The van der Waals surface area contributed by atoms with Crippen molar-refractivity contribution in [2.45, 2.75) is 25.3 Å². The first-order valence-corrected chi connectivity index (χ1v) is 8.48. The summed E-state index contributed by atoms with van der Waals surface area (Å²) in [6, 6.07) is 4.91. The van der Waals surface area contributed by atoms with Crippen LogP contribution in [0.15, 0.2) is 41.3 Å². The molecule has 3 aromatic heterocycles. The number of likely N-dealkylation sites (tertiary alicyclic amines) is 1. The van der Waals surface area contributed by atoms with E-state index in [1.807, 2.05) is 6.07 Å². The second-order valence-corrected chi connectivity index (χ2v) is 6.25. The summed E-state index contributed by atoms with van der Waals surface area (Å²) in [7, 11) is 0. The first-order valence-electron chi connectivity index (χ1n) is 8.48. The Morgan fingerprint density at radius 3 is 2.96 bits per heavy atom. The maximum atomic E-state index is 12.7. The van der Waals surface area contributed by atoms with Gasteiger partial charge in [-0.2, -0.15) is 18.9 Å². The van der Waals surface area contributed by atoms with Gasteiger partial charge in [-0.3, -0.25) is 9.78 Å². The molecular weight excluding hydrogens is 358 g/mol. The predicted molar refractivity (Wildman–Crippen MR) is 88.9 cm³/mol. The molecular formula is C17H16F2N6O2. The summed E-state index contributed by atoms with van der Waals surface area (Å²) >= 11 is 0. The highest BCUT2D eigenvalue weighted by molar-refractivity contribution is 5.92. The zero-order valence-corrected chi connectivity index (χ0v) is 14.2. The number of nitrogens with zero attached hydrogens (tertiary/aromatic N) is 6. The third-order valence-electron chi connectivity index (χ3n) is 4.45. The van der Waals surface area contributed by atoms with Crippen molar-refractivity contribution in [2.75, 3.05) is 13.1 Å². The molecule has 1 saturated heterocycles. The molecule has 0 saturated carbocycles. The first-order chi connectivity index (χ1) is 13.1. The van der Waals surface area contributed by atoms with Crippen LogP contribution in [0.25, 0.3) is 11.4 Å². The van der Waals surface area contributed by atoms with E-state index in [0.717, 1.165) is 24.6 Å². The van der Waals surface area contributed by atoms with Crippen LogP contribution in [0.3, 0.4) is 0 Å². The molecule has 4 rings (SSSR count). The van der Waals surface area contributed by atoms with Gasteiger partial charge in [0.05, 0.1) is 5.92 Å². The second-order valence-electron chi connectivity index (χ2n) is 6.25. The molecule has 4 heterocycles.